The molecule has 0 aliphatic heterocycles. The van der Waals surface area contributed by atoms with Crippen LogP contribution in [0.1, 0.15) is 56.2 Å². The van der Waals surface area contributed by atoms with Crippen molar-refractivity contribution in [3.05, 3.63) is 89.2 Å². The van der Waals surface area contributed by atoms with Crippen molar-refractivity contribution in [2.45, 2.75) is 46.0 Å². The number of hydrogen-bond donors (Lipinski definition) is 0. The number of halogens is 1. The van der Waals surface area contributed by atoms with Crippen LogP contribution in [0.4, 0.5) is 4.39 Å². The molecule has 1 nitrogen and oxygen atoms in total. The van der Waals surface area contributed by atoms with Gasteiger partial charge in [0.05, 0.1) is 6.61 Å². The SMILES string of the molecule is CCCCCc1ccc(-c2ccc(C#Cc3ccc(OCCC)cc3)cc2F)cc1. The molecular formula is C28H29FO. The fourth-order valence-corrected chi connectivity index (χ4v) is 3.26. The molecule has 2 heteroatoms. The maximum Gasteiger partial charge on any atom is 0.132 e. The van der Waals surface area contributed by atoms with Crippen LogP contribution in [0, 0.1) is 17.7 Å². The van der Waals surface area contributed by atoms with Crippen LogP contribution in [0.25, 0.3) is 11.1 Å². The zero-order chi connectivity index (χ0) is 21.2. The summed E-state index contributed by atoms with van der Waals surface area (Å²) in [6, 6.07) is 21.1. The molecule has 0 heterocycles. The van der Waals surface area contributed by atoms with Gasteiger partial charge in [0.2, 0.25) is 0 Å². The predicted octanol–water partition coefficient (Wildman–Crippen LogP) is 7.41. The third-order valence-electron chi connectivity index (χ3n) is 4.98. The summed E-state index contributed by atoms with van der Waals surface area (Å²) >= 11 is 0. The molecule has 0 radical (unpaired) electrons. The van der Waals surface area contributed by atoms with Crippen molar-refractivity contribution in [1.82, 2.24) is 0 Å². The zero-order valence-corrected chi connectivity index (χ0v) is 17.9. The van der Waals surface area contributed by atoms with E-state index in [0.717, 1.165) is 29.7 Å². The van der Waals surface area contributed by atoms with Crippen LogP contribution >= 0.6 is 0 Å². The molecule has 0 amide bonds. The number of hydrogen-bond acceptors (Lipinski definition) is 1. The minimum atomic E-state index is -0.246. The van der Waals surface area contributed by atoms with E-state index in [0.29, 0.717) is 17.7 Å². The molecule has 0 spiro atoms. The second-order valence-electron chi connectivity index (χ2n) is 7.47. The first-order chi connectivity index (χ1) is 14.7. The Balaban J connectivity index is 1.68. The van der Waals surface area contributed by atoms with Crippen molar-refractivity contribution in [2.75, 3.05) is 6.61 Å². The Morgan fingerprint density at radius 3 is 2.13 bits per heavy atom. The molecule has 0 atom stereocenters. The highest BCUT2D eigenvalue weighted by molar-refractivity contribution is 5.65. The van der Waals surface area contributed by atoms with E-state index in [4.69, 9.17) is 4.74 Å². The van der Waals surface area contributed by atoms with Crippen molar-refractivity contribution in [1.29, 1.82) is 0 Å². The maximum absolute atomic E-state index is 14.7. The lowest BCUT2D eigenvalue weighted by molar-refractivity contribution is 0.317. The Hall–Kier alpha value is -3.05. The van der Waals surface area contributed by atoms with E-state index < -0.39 is 0 Å². The first-order valence-corrected chi connectivity index (χ1v) is 10.8. The first-order valence-electron chi connectivity index (χ1n) is 10.8. The lowest BCUT2D eigenvalue weighted by atomic mass is 10.00. The van der Waals surface area contributed by atoms with Gasteiger partial charge in [-0.1, -0.05) is 68.9 Å². The summed E-state index contributed by atoms with van der Waals surface area (Å²) in [5, 5.41) is 0. The number of rotatable bonds is 8. The van der Waals surface area contributed by atoms with Gasteiger partial charge in [0.1, 0.15) is 11.6 Å². The molecule has 30 heavy (non-hydrogen) atoms. The standard InChI is InChI=1S/C28H29FO/c1-3-5-6-7-22-10-15-25(16-11-22)27-19-14-24(21-28(27)29)9-8-23-12-17-26(18-13-23)30-20-4-2/h10-19,21H,3-7,20H2,1-2H3. The molecule has 0 N–H and O–H groups in total. The van der Waals surface area contributed by atoms with E-state index in [9.17, 15) is 4.39 Å². The highest BCUT2D eigenvalue weighted by Crippen LogP contribution is 2.24. The summed E-state index contributed by atoms with van der Waals surface area (Å²) in [7, 11) is 0. The number of unbranched alkanes of at least 4 members (excludes halogenated alkanes) is 2. The molecule has 0 saturated heterocycles. The fourth-order valence-electron chi connectivity index (χ4n) is 3.26. The van der Waals surface area contributed by atoms with Gasteiger partial charge in [-0.25, -0.2) is 4.39 Å². The van der Waals surface area contributed by atoms with Gasteiger partial charge in [-0.05, 0) is 66.8 Å². The average molecular weight is 401 g/mol. The van der Waals surface area contributed by atoms with E-state index in [1.807, 2.05) is 48.5 Å². The fraction of sp³-hybridized carbons (Fsp3) is 0.286. The van der Waals surface area contributed by atoms with E-state index in [1.165, 1.54) is 30.9 Å². The lowest BCUT2D eigenvalue weighted by Crippen LogP contribution is -1.94. The van der Waals surface area contributed by atoms with Crippen LogP contribution in [0.15, 0.2) is 66.7 Å². The Labute approximate surface area is 179 Å². The Morgan fingerprint density at radius 1 is 0.767 bits per heavy atom. The van der Waals surface area contributed by atoms with Crippen LogP contribution in [0.3, 0.4) is 0 Å². The van der Waals surface area contributed by atoms with Gasteiger partial charge in [-0.2, -0.15) is 0 Å². The van der Waals surface area contributed by atoms with E-state index in [-0.39, 0.29) is 5.82 Å². The Kier molecular flexibility index (Phi) is 8.10. The number of benzene rings is 3. The molecule has 0 aliphatic carbocycles. The molecule has 154 valence electrons. The summed E-state index contributed by atoms with van der Waals surface area (Å²) in [5.41, 5.74) is 4.36. The molecule has 0 aromatic heterocycles. The monoisotopic (exact) mass is 400 g/mol. The summed E-state index contributed by atoms with van der Waals surface area (Å²) in [4.78, 5) is 0. The van der Waals surface area contributed by atoms with Crippen LogP contribution < -0.4 is 4.74 Å². The summed E-state index contributed by atoms with van der Waals surface area (Å²) in [6.45, 7) is 4.99. The number of ether oxygens (including phenoxy) is 1. The summed E-state index contributed by atoms with van der Waals surface area (Å²) in [6.07, 6.45) is 5.72. The highest BCUT2D eigenvalue weighted by Gasteiger charge is 2.06. The molecule has 3 rings (SSSR count). The van der Waals surface area contributed by atoms with Crippen LogP contribution in [0.5, 0.6) is 5.75 Å². The van der Waals surface area contributed by atoms with Gasteiger partial charge in [0.25, 0.3) is 0 Å². The minimum absolute atomic E-state index is 0.246. The van der Waals surface area contributed by atoms with Crippen LogP contribution in [-0.2, 0) is 6.42 Å². The van der Waals surface area contributed by atoms with Gasteiger partial charge in [-0.3, -0.25) is 0 Å². The van der Waals surface area contributed by atoms with Crippen molar-refractivity contribution in [2.24, 2.45) is 0 Å². The van der Waals surface area contributed by atoms with E-state index in [1.54, 1.807) is 0 Å². The molecule has 0 bridgehead atoms. The third kappa shape index (κ3) is 6.22. The molecular weight excluding hydrogens is 371 g/mol. The summed E-state index contributed by atoms with van der Waals surface area (Å²) in [5.74, 6) is 6.74. The van der Waals surface area contributed by atoms with Gasteiger partial charge >= 0.3 is 0 Å². The van der Waals surface area contributed by atoms with Gasteiger partial charge in [0.15, 0.2) is 0 Å². The topological polar surface area (TPSA) is 9.23 Å². The van der Waals surface area contributed by atoms with E-state index >= 15 is 0 Å². The van der Waals surface area contributed by atoms with E-state index in [2.05, 4.69) is 37.8 Å². The smallest absolute Gasteiger partial charge is 0.132 e. The molecule has 0 fully saturated rings. The zero-order valence-electron chi connectivity index (χ0n) is 17.9. The molecule has 3 aromatic rings. The lowest BCUT2D eigenvalue weighted by Gasteiger charge is -2.06. The molecule has 0 saturated carbocycles. The number of aryl methyl sites for hydroxylation is 1. The quantitative estimate of drug-likeness (QED) is 0.282. The Morgan fingerprint density at radius 2 is 1.47 bits per heavy atom. The second-order valence-corrected chi connectivity index (χ2v) is 7.47. The van der Waals surface area contributed by atoms with Gasteiger partial charge in [0, 0.05) is 16.7 Å². The normalized spacial score (nSPS) is 10.4. The molecule has 0 unspecified atom stereocenters. The highest BCUT2D eigenvalue weighted by atomic mass is 19.1. The van der Waals surface area contributed by atoms with Gasteiger partial charge < -0.3 is 4.74 Å². The summed E-state index contributed by atoms with van der Waals surface area (Å²) < 4.78 is 20.3. The third-order valence-corrected chi connectivity index (χ3v) is 4.98. The van der Waals surface area contributed by atoms with Gasteiger partial charge in [-0.15, -0.1) is 0 Å². The average Bonchev–Trinajstić information content (AvgIpc) is 2.78. The van der Waals surface area contributed by atoms with Crippen molar-refractivity contribution >= 4 is 0 Å². The Bertz CT molecular complexity index is 992. The van der Waals surface area contributed by atoms with Crippen LogP contribution in [0.2, 0.25) is 0 Å². The molecule has 3 aromatic carbocycles. The molecule has 0 aliphatic rings. The minimum Gasteiger partial charge on any atom is -0.494 e. The van der Waals surface area contributed by atoms with Crippen molar-refractivity contribution in [3.8, 4) is 28.7 Å². The first kappa shape index (κ1) is 21.7. The van der Waals surface area contributed by atoms with Crippen molar-refractivity contribution < 1.29 is 9.13 Å². The second kappa shape index (κ2) is 11.2. The predicted molar refractivity (Wildman–Crippen MR) is 123 cm³/mol. The van der Waals surface area contributed by atoms with Crippen LogP contribution in [-0.4, -0.2) is 6.61 Å². The largest absolute Gasteiger partial charge is 0.494 e. The maximum atomic E-state index is 14.7. The van der Waals surface area contributed by atoms with Crippen molar-refractivity contribution in [3.63, 3.8) is 0 Å².